The van der Waals surface area contributed by atoms with E-state index in [0.717, 1.165) is 24.2 Å². The molecule has 0 fully saturated rings. The summed E-state index contributed by atoms with van der Waals surface area (Å²) in [5.74, 6) is 3.06. The minimum absolute atomic E-state index is 0.713. The summed E-state index contributed by atoms with van der Waals surface area (Å²) in [5.41, 5.74) is 3.13. The Kier molecular flexibility index (Phi) is 6.62. The van der Waals surface area contributed by atoms with Crippen molar-refractivity contribution in [1.82, 2.24) is 0 Å². The van der Waals surface area contributed by atoms with Crippen LogP contribution in [0.25, 0.3) is 0 Å². The lowest BCUT2D eigenvalue weighted by Crippen LogP contribution is -2.14. The molecule has 0 saturated carbocycles. The number of rotatable bonds is 7. The molecule has 0 aliphatic carbocycles. The molecule has 1 rings (SSSR count). The summed E-state index contributed by atoms with van der Waals surface area (Å²) in [4.78, 5) is 0. The lowest BCUT2D eigenvalue weighted by atomic mass is 9.78. The summed E-state index contributed by atoms with van der Waals surface area (Å²) in [7, 11) is 0. The monoisotopic (exact) mass is 260 g/mol. The van der Waals surface area contributed by atoms with Gasteiger partial charge in [-0.05, 0) is 54.1 Å². The first-order valence-electron chi connectivity index (χ1n) is 8.03. The van der Waals surface area contributed by atoms with E-state index in [2.05, 4.69) is 65.8 Å². The molecule has 0 radical (unpaired) electrons. The minimum atomic E-state index is 0.713. The van der Waals surface area contributed by atoms with Gasteiger partial charge >= 0.3 is 0 Å². The van der Waals surface area contributed by atoms with E-state index in [1.165, 1.54) is 18.4 Å². The van der Waals surface area contributed by atoms with Crippen molar-refractivity contribution >= 4 is 0 Å². The second-order valence-corrected chi connectivity index (χ2v) is 6.87. The molecule has 0 bridgehead atoms. The molecule has 0 nitrogen and oxygen atoms in total. The molecule has 0 aliphatic rings. The summed E-state index contributed by atoms with van der Waals surface area (Å²) < 4.78 is 0. The van der Waals surface area contributed by atoms with E-state index in [4.69, 9.17) is 0 Å². The first-order chi connectivity index (χ1) is 8.95. The van der Waals surface area contributed by atoms with Crippen LogP contribution < -0.4 is 0 Å². The largest absolute Gasteiger partial charge is 0.0628 e. The fourth-order valence-corrected chi connectivity index (χ4v) is 3.31. The maximum atomic E-state index is 2.42. The fraction of sp³-hybridized carbons (Fsp3) is 0.684. The van der Waals surface area contributed by atoms with Gasteiger partial charge in [0.05, 0.1) is 0 Å². The summed E-state index contributed by atoms with van der Waals surface area (Å²) in [6.07, 6.45) is 3.82. The van der Waals surface area contributed by atoms with E-state index in [0.29, 0.717) is 5.92 Å². The van der Waals surface area contributed by atoms with Crippen LogP contribution in [0.5, 0.6) is 0 Å². The van der Waals surface area contributed by atoms with Crippen molar-refractivity contribution in [3.05, 3.63) is 35.4 Å². The summed E-state index contributed by atoms with van der Waals surface area (Å²) in [6, 6.07) is 9.04. The molecule has 0 spiro atoms. The number of aryl methyl sites for hydroxylation is 1. The molecule has 0 heterocycles. The second-order valence-electron chi connectivity index (χ2n) is 6.87. The van der Waals surface area contributed by atoms with Gasteiger partial charge < -0.3 is 0 Å². The van der Waals surface area contributed by atoms with Crippen molar-refractivity contribution in [2.45, 2.75) is 66.7 Å². The standard InChI is InChI=1S/C19H32/c1-7-17-10-8-9-11-18(17)19(15(4)5)13-16(6)12-14(2)3/h8-11,14-16,19H,7,12-13H2,1-6H3. The molecule has 0 saturated heterocycles. The average molecular weight is 260 g/mol. The van der Waals surface area contributed by atoms with E-state index >= 15 is 0 Å². The number of hydrogen-bond acceptors (Lipinski definition) is 0. The molecule has 0 N–H and O–H groups in total. The Bertz CT molecular complexity index is 362. The second kappa shape index (κ2) is 7.72. The summed E-state index contributed by atoms with van der Waals surface area (Å²) in [6.45, 7) is 14.1. The van der Waals surface area contributed by atoms with Crippen LogP contribution in [0.4, 0.5) is 0 Å². The minimum Gasteiger partial charge on any atom is -0.0628 e. The highest BCUT2D eigenvalue weighted by atomic mass is 14.3. The van der Waals surface area contributed by atoms with Gasteiger partial charge in [-0.3, -0.25) is 0 Å². The molecule has 1 aromatic rings. The quantitative estimate of drug-likeness (QED) is 0.559. The van der Waals surface area contributed by atoms with Gasteiger partial charge in [-0.1, -0.05) is 65.8 Å². The Balaban J connectivity index is 2.88. The predicted octanol–water partition coefficient (Wildman–Crippen LogP) is 6.06. The molecule has 0 aliphatic heterocycles. The van der Waals surface area contributed by atoms with Crippen molar-refractivity contribution in [3.63, 3.8) is 0 Å². The Morgan fingerprint density at radius 2 is 1.53 bits per heavy atom. The highest BCUT2D eigenvalue weighted by molar-refractivity contribution is 5.30. The van der Waals surface area contributed by atoms with Crippen molar-refractivity contribution in [3.8, 4) is 0 Å². The summed E-state index contributed by atoms with van der Waals surface area (Å²) >= 11 is 0. The molecule has 19 heavy (non-hydrogen) atoms. The molecule has 0 amide bonds. The highest BCUT2D eigenvalue weighted by Gasteiger charge is 2.21. The first-order valence-corrected chi connectivity index (χ1v) is 8.03. The fourth-order valence-electron chi connectivity index (χ4n) is 3.31. The van der Waals surface area contributed by atoms with Crippen LogP contribution in [-0.4, -0.2) is 0 Å². The molecule has 2 atom stereocenters. The van der Waals surface area contributed by atoms with Crippen molar-refractivity contribution in [1.29, 1.82) is 0 Å². The molecule has 108 valence electrons. The van der Waals surface area contributed by atoms with Gasteiger partial charge in [0, 0.05) is 0 Å². The van der Waals surface area contributed by atoms with Crippen LogP contribution in [0.2, 0.25) is 0 Å². The van der Waals surface area contributed by atoms with E-state index in [1.807, 2.05) is 0 Å². The van der Waals surface area contributed by atoms with Crippen LogP contribution in [0.1, 0.15) is 71.4 Å². The Morgan fingerprint density at radius 1 is 0.895 bits per heavy atom. The summed E-state index contributed by atoms with van der Waals surface area (Å²) in [5, 5.41) is 0. The lowest BCUT2D eigenvalue weighted by Gasteiger charge is -2.27. The molecule has 0 heteroatoms. The zero-order chi connectivity index (χ0) is 14.4. The molecular weight excluding hydrogens is 228 g/mol. The van der Waals surface area contributed by atoms with Gasteiger partial charge in [0.1, 0.15) is 0 Å². The molecule has 0 aromatic heterocycles. The number of benzene rings is 1. The van der Waals surface area contributed by atoms with Crippen LogP contribution in [-0.2, 0) is 6.42 Å². The van der Waals surface area contributed by atoms with Gasteiger partial charge in [-0.2, -0.15) is 0 Å². The van der Waals surface area contributed by atoms with Crippen LogP contribution >= 0.6 is 0 Å². The smallest absolute Gasteiger partial charge is 0.0134 e. The van der Waals surface area contributed by atoms with E-state index < -0.39 is 0 Å². The van der Waals surface area contributed by atoms with Crippen LogP contribution in [0.15, 0.2) is 24.3 Å². The van der Waals surface area contributed by atoms with Gasteiger partial charge in [-0.15, -0.1) is 0 Å². The van der Waals surface area contributed by atoms with Gasteiger partial charge in [0.25, 0.3) is 0 Å². The zero-order valence-electron chi connectivity index (χ0n) is 13.7. The van der Waals surface area contributed by atoms with E-state index in [-0.39, 0.29) is 0 Å². The number of hydrogen-bond donors (Lipinski definition) is 0. The predicted molar refractivity (Wildman–Crippen MR) is 86.6 cm³/mol. The third kappa shape index (κ3) is 5.01. The zero-order valence-corrected chi connectivity index (χ0v) is 13.7. The third-order valence-corrected chi connectivity index (χ3v) is 4.17. The first kappa shape index (κ1) is 16.3. The Hall–Kier alpha value is -0.780. The Labute approximate surface area is 120 Å². The van der Waals surface area contributed by atoms with Crippen molar-refractivity contribution in [2.24, 2.45) is 17.8 Å². The van der Waals surface area contributed by atoms with E-state index in [1.54, 1.807) is 5.56 Å². The van der Waals surface area contributed by atoms with Gasteiger partial charge in [-0.25, -0.2) is 0 Å². The van der Waals surface area contributed by atoms with Crippen molar-refractivity contribution in [2.75, 3.05) is 0 Å². The topological polar surface area (TPSA) is 0 Å². The third-order valence-electron chi connectivity index (χ3n) is 4.17. The molecule has 1 aromatic carbocycles. The lowest BCUT2D eigenvalue weighted by molar-refractivity contribution is 0.344. The van der Waals surface area contributed by atoms with Crippen LogP contribution in [0, 0.1) is 17.8 Å². The maximum absolute atomic E-state index is 2.42. The van der Waals surface area contributed by atoms with Crippen molar-refractivity contribution < 1.29 is 0 Å². The SMILES string of the molecule is CCc1ccccc1C(CC(C)CC(C)C)C(C)C. The Morgan fingerprint density at radius 3 is 2.05 bits per heavy atom. The normalized spacial score (nSPS) is 14.9. The molecular formula is C19H32. The highest BCUT2D eigenvalue weighted by Crippen LogP contribution is 2.34. The van der Waals surface area contributed by atoms with Gasteiger partial charge in [0.15, 0.2) is 0 Å². The maximum Gasteiger partial charge on any atom is -0.0134 e. The van der Waals surface area contributed by atoms with E-state index in [9.17, 15) is 0 Å². The van der Waals surface area contributed by atoms with Gasteiger partial charge in [0.2, 0.25) is 0 Å². The van der Waals surface area contributed by atoms with Crippen LogP contribution in [0.3, 0.4) is 0 Å². The molecule has 2 unspecified atom stereocenters. The average Bonchev–Trinajstić information content (AvgIpc) is 2.34.